The smallest absolute Gasteiger partial charge is 0.234 e. The molecule has 0 atom stereocenters. The lowest BCUT2D eigenvalue weighted by atomic mass is 10.2. The maximum absolute atomic E-state index is 12.5. The van der Waals surface area contributed by atoms with Crippen molar-refractivity contribution in [3.8, 4) is 5.75 Å². The van der Waals surface area contributed by atoms with E-state index in [0.717, 1.165) is 26.4 Å². The average molecular weight is 437 g/mol. The largest absolute Gasteiger partial charge is 0.495 e. The molecule has 4 rings (SSSR count). The summed E-state index contributed by atoms with van der Waals surface area (Å²) in [6.45, 7) is 0.675. The third-order valence-corrected chi connectivity index (χ3v) is 6.20. The van der Waals surface area contributed by atoms with Crippen LogP contribution in [0.3, 0.4) is 0 Å². The van der Waals surface area contributed by atoms with Crippen molar-refractivity contribution in [2.75, 3.05) is 18.2 Å². The molecule has 0 radical (unpaired) electrons. The van der Waals surface area contributed by atoms with Crippen molar-refractivity contribution in [3.05, 3.63) is 89.6 Å². The van der Waals surface area contributed by atoms with E-state index in [-0.39, 0.29) is 5.91 Å². The van der Waals surface area contributed by atoms with E-state index in [0.29, 0.717) is 23.7 Å². The van der Waals surface area contributed by atoms with Gasteiger partial charge in [0.25, 0.3) is 0 Å². The number of benzene rings is 3. The lowest BCUT2D eigenvalue weighted by Gasteiger charge is -2.09. The van der Waals surface area contributed by atoms with E-state index in [9.17, 15) is 4.79 Å². The summed E-state index contributed by atoms with van der Waals surface area (Å²) in [6.07, 6.45) is 2.09. The molecule has 0 aliphatic heterocycles. The molecule has 0 saturated carbocycles. The number of anilines is 1. The van der Waals surface area contributed by atoms with Crippen molar-refractivity contribution in [2.45, 2.75) is 11.4 Å². The Bertz CT molecular complexity index is 1190. The molecule has 0 saturated heterocycles. The zero-order chi connectivity index (χ0) is 20.9. The molecule has 0 spiro atoms. The van der Waals surface area contributed by atoms with Crippen LogP contribution in [0.2, 0.25) is 5.02 Å². The van der Waals surface area contributed by atoms with Crippen molar-refractivity contribution in [2.24, 2.45) is 0 Å². The summed E-state index contributed by atoms with van der Waals surface area (Å²) in [5.74, 6) is 0.873. The van der Waals surface area contributed by atoms with Crippen LogP contribution in [0.1, 0.15) is 5.56 Å². The number of hydrogen-bond donors (Lipinski definition) is 1. The van der Waals surface area contributed by atoms with Crippen LogP contribution in [-0.2, 0) is 11.3 Å². The van der Waals surface area contributed by atoms with E-state index < -0.39 is 0 Å². The fourth-order valence-corrected chi connectivity index (χ4v) is 4.43. The quantitative estimate of drug-likeness (QED) is 0.357. The highest BCUT2D eigenvalue weighted by Crippen LogP contribution is 2.31. The van der Waals surface area contributed by atoms with E-state index >= 15 is 0 Å². The molecule has 30 heavy (non-hydrogen) atoms. The van der Waals surface area contributed by atoms with Gasteiger partial charge in [-0.3, -0.25) is 4.79 Å². The molecule has 0 aliphatic rings. The summed E-state index contributed by atoms with van der Waals surface area (Å²) < 4.78 is 7.48. The minimum atomic E-state index is -0.0764. The molecular formula is C24H21ClN2O2S. The van der Waals surface area contributed by atoms with Crippen LogP contribution >= 0.6 is 23.4 Å². The fourth-order valence-electron chi connectivity index (χ4n) is 3.35. The van der Waals surface area contributed by atoms with Crippen molar-refractivity contribution >= 4 is 45.9 Å². The Hall–Kier alpha value is -2.89. The van der Waals surface area contributed by atoms with Gasteiger partial charge >= 0.3 is 0 Å². The fraction of sp³-hybridized carbons (Fsp3) is 0.125. The number of halogens is 1. The molecule has 4 aromatic rings. The number of ether oxygens (including phenoxy) is 1. The Morgan fingerprint density at radius 1 is 1.03 bits per heavy atom. The Morgan fingerprint density at radius 2 is 1.77 bits per heavy atom. The molecular weight excluding hydrogens is 416 g/mol. The number of nitrogens with one attached hydrogen (secondary N) is 1. The molecule has 0 unspecified atom stereocenters. The molecule has 0 fully saturated rings. The second kappa shape index (κ2) is 9.28. The summed E-state index contributed by atoms with van der Waals surface area (Å²) >= 11 is 7.87. The lowest BCUT2D eigenvalue weighted by Crippen LogP contribution is -2.14. The molecule has 3 aromatic carbocycles. The van der Waals surface area contributed by atoms with Crippen molar-refractivity contribution in [1.82, 2.24) is 4.57 Å². The number of hydrogen-bond acceptors (Lipinski definition) is 3. The number of fused-ring (bicyclic) bond motifs is 1. The molecule has 1 heterocycles. The predicted molar refractivity (Wildman–Crippen MR) is 125 cm³/mol. The lowest BCUT2D eigenvalue weighted by molar-refractivity contribution is -0.113. The van der Waals surface area contributed by atoms with Gasteiger partial charge in [-0.1, -0.05) is 60.1 Å². The first-order chi connectivity index (χ1) is 14.7. The average Bonchev–Trinajstić information content (AvgIpc) is 3.12. The monoisotopic (exact) mass is 436 g/mol. The minimum Gasteiger partial charge on any atom is -0.495 e. The molecule has 0 aliphatic carbocycles. The number of rotatable bonds is 7. The maximum Gasteiger partial charge on any atom is 0.234 e. The van der Waals surface area contributed by atoms with Crippen LogP contribution in [0.15, 0.2) is 83.9 Å². The summed E-state index contributed by atoms with van der Waals surface area (Å²) in [5.41, 5.74) is 2.85. The van der Waals surface area contributed by atoms with E-state index in [4.69, 9.17) is 16.3 Å². The van der Waals surface area contributed by atoms with Gasteiger partial charge in [-0.2, -0.15) is 0 Å². The molecule has 1 N–H and O–H groups in total. The molecule has 1 aromatic heterocycles. The number of amides is 1. The predicted octanol–water partition coefficient (Wildman–Crippen LogP) is 6.08. The summed E-state index contributed by atoms with van der Waals surface area (Å²) in [7, 11) is 1.59. The van der Waals surface area contributed by atoms with Gasteiger partial charge in [0.15, 0.2) is 0 Å². The summed E-state index contributed by atoms with van der Waals surface area (Å²) in [6, 6.07) is 23.5. The standard InChI is InChI=1S/C24H21ClN2O2S/c1-29-22-13-7-5-11-20(22)26-24(28)16-30-23-15-27(21-12-6-3-9-18(21)23)14-17-8-2-4-10-19(17)25/h2-13,15H,14,16H2,1H3,(H,26,28). The first-order valence-corrected chi connectivity index (χ1v) is 10.9. The van der Waals surface area contributed by atoms with Gasteiger partial charge in [0.2, 0.25) is 5.91 Å². The van der Waals surface area contributed by atoms with Gasteiger partial charge in [0, 0.05) is 33.6 Å². The zero-order valence-electron chi connectivity index (χ0n) is 16.5. The van der Waals surface area contributed by atoms with Gasteiger partial charge in [-0.05, 0) is 29.8 Å². The van der Waals surface area contributed by atoms with Crippen LogP contribution in [-0.4, -0.2) is 23.3 Å². The highest BCUT2D eigenvalue weighted by atomic mass is 35.5. The third kappa shape index (κ3) is 4.48. The minimum absolute atomic E-state index is 0.0764. The molecule has 0 bridgehead atoms. The van der Waals surface area contributed by atoms with E-state index in [2.05, 4.69) is 28.2 Å². The molecule has 4 nitrogen and oxygen atoms in total. The molecule has 1 amide bonds. The number of carbonyl (C=O) groups excluding carboxylic acids is 1. The SMILES string of the molecule is COc1ccccc1NC(=O)CSc1cn(Cc2ccccc2Cl)c2ccccc12. The molecule has 6 heteroatoms. The van der Waals surface area contributed by atoms with Crippen LogP contribution in [0.25, 0.3) is 10.9 Å². The number of carbonyl (C=O) groups is 1. The van der Waals surface area contributed by atoms with Gasteiger partial charge in [0.05, 0.1) is 18.6 Å². The molecule has 152 valence electrons. The highest BCUT2D eigenvalue weighted by Gasteiger charge is 2.13. The highest BCUT2D eigenvalue weighted by molar-refractivity contribution is 8.00. The van der Waals surface area contributed by atoms with E-state index in [1.807, 2.05) is 60.7 Å². The number of aromatic nitrogens is 1. The van der Waals surface area contributed by atoms with Gasteiger partial charge < -0.3 is 14.6 Å². The van der Waals surface area contributed by atoms with E-state index in [1.165, 1.54) is 11.8 Å². The number of methoxy groups -OCH3 is 1. The van der Waals surface area contributed by atoms with Gasteiger partial charge in [-0.25, -0.2) is 0 Å². The third-order valence-electron chi connectivity index (χ3n) is 4.79. The van der Waals surface area contributed by atoms with Crippen LogP contribution in [0, 0.1) is 0 Å². The summed E-state index contributed by atoms with van der Waals surface area (Å²) in [5, 5.41) is 4.80. The summed E-state index contributed by atoms with van der Waals surface area (Å²) in [4.78, 5) is 13.6. The topological polar surface area (TPSA) is 43.3 Å². The van der Waals surface area contributed by atoms with Crippen LogP contribution < -0.4 is 10.1 Å². The first-order valence-electron chi connectivity index (χ1n) is 9.52. The second-order valence-corrected chi connectivity index (χ2v) is 8.19. The second-order valence-electron chi connectivity index (χ2n) is 6.77. The Morgan fingerprint density at radius 3 is 2.60 bits per heavy atom. The van der Waals surface area contributed by atoms with Gasteiger partial charge in [-0.15, -0.1) is 11.8 Å². The first kappa shape index (κ1) is 20.4. The van der Waals surface area contributed by atoms with Crippen molar-refractivity contribution in [3.63, 3.8) is 0 Å². The van der Waals surface area contributed by atoms with Gasteiger partial charge in [0.1, 0.15) is 5.75 Å². The maximum atomic E-state index is 12.5. The van der Waals surface area contributed by atoms with Crippen LogP contribution in [0.5, 0.6) is 5.75 Å². The Labute approximate surface area is 184 Å². The zero-order valence-corrected chi connectivity index (χ0v) is 18.0. The number of nitrogens with zero attached hydrogens (tertiary/aromatic N) is 1. The Kier molecular flexibility index (Phi) is 6.31. The Balaban J connectivity index is 1.52. The number of para-hydroxylation sites is 3. The van der Waals surface area contributed by atoms with Crippen molar-refractivity contribution < 1.29 is 9.53 Å². The number of thioether (sulfide) groups is 1. The normalized spacial score (nSPS) is 10.9. The van der Waals surface area contributed by atoms with Crippen LogP contribution in [0.4, 0.5) is 5.69 Å². The van der Waals surface area contributed by atoms with Crippen molar-refractivity contribution in [1.29, 1.82) is 0 Å². The van der Waals surface area contributed by atoms with E-state index in [1.54, 1.807) is 7.11 Å².